The molecule has 0 aliphatic heterocycles. The SMILES string of the molecule is CCCSc1nc2sc3c(c2c2nnc(SCC(=O)OC)n12)C(C)CCC3. The second-order valence-electron chi connectivity index (χ2n) is 6.66. The van der Waals surface area contributed by atoms with Crippen molar-refractivity contribution in [3.8, 4) is 0 Å². The molecule has 3 heterocycles. The molecule has 0 fully saturated rings. The minimum atomic E-state index is -0.268. The molecule has 0 spiro atoms. The predicted octanol–water partition coefficient (Wildman–Crippen LogP) is 4.55. The summed E-state index contributed by atoms with van der Waals surface area (Å²) in [6.45, 7) is 4.46. The van der Waals surface area contributed by atoms with E-state index in [-0.39, 0.29) is 11.7 Å². The highest BCUT2D eigenvalue weighted by atomic mass is 32.2. The van der Waals surface area contributed by atoms with E-state index in [1.807, 2.05) is 15.7 Å². The summed E-state index contributed by atoms with van der Waals surface area (Å²) in [7, 11) is 1.40. The smallest absolute Gasteiger partial charge is 0.316 e. The van der Waals surface area contributed by atoms with Crippen LogP contribution in [0.15, 0.2) is 10.3 Å². The molecule has 27 heavy (non-hydrogen) atoms. The first-order valence-electron chi connectivity index (χ1n) is 9.16. The molecule has 1 unspecified atom stereocenters. The van der Waals surface area contributed by atoms with Gasteiger partial charge in [0, 0.05) is 10.6 Å². The highest BCUT2D eigenvalue weighted by Gasteiger charge is 2.27. The van der Waals surface area contributed by atoms with Crippen LogP contribution in [-0.4, -0.2) is 44.2 Å². The van der Waals surface area contributed by atoms with Gasteiger partial charge >= 0.3 is 5.97 Å². The minimum Gasteiger partial charge on any atom is -0.468 e. The lowest BCUT2D eigenvalue weighted by Crippen LogP contribution is -2.06. The van der Waals surface area contributed by atoms with E-state index in [9.17, 15) is 4.79 Å². The maximum absolute atomic E-state index is 11.6. The second kappa shape index (κ2) is 7.97. The number of methoxy groups -OCH3 is 1. The van der Waals surface area contributed by atoms with Crippen LogP contribution in [0.3, 0.4) is 0 Å². The van der Waals surface area contributed by atoms with Crippen LogP contribution in [0, 0.1) is 0 Å². The van der Waals surface area contributed by atoms with Crippen molar-refractivity contribution in [2.24, 2.45) is 0 Å². The molecule has 144 valence electrons. The fraction of sp³-hybridized carbons (Fsp3) is 0.556. The number of nitrogens with zero attached hydrogens (tertiary/aromatic N) is 4. The van der Waals surface area contributed by atoms with E-state index in [0.29, 0.717) is 11.1 Å². The van der Waals surface area contributed by atoms with Gasteiger partial charge in [0.1, 0.15) is 4.83 Å². The molecule has 1 aliphatic rings. The number of rotatable bonds is 6. The number of aryl methyl sites for hydroxylation is 1. The third-order valence-electron chi connectivity index (χ3n) is 4.76. The number of esters is 1. The van der Waals surface area contributed by atoms with E-state index in [1.165, 1.54) is 42.2 Å². The van der Waals surface area contributed by atoms with Gasteiger partial charge in [-0.15, -0.1) is 21.5 Å². The molecule has 6 nitrogen and oxygen atoms in total. The summed E-state index contributed by atoms with van der Waals surface area (Å²) >= 11 is 4.88. The Hall–Kier alpha value is -1.32. The summed E-state index contributed by atoms with van der Waals surface area (Å²) in [5, 5.41) is 11.7. The van der Waals surface area contributed by atoms with Gasteiger partial charge in [0.2, 0.25) is 0 Å². The van der Waals surface area contributed by atoms with Crippen molar-refractivity contribution < 1.29 is 9.53 Å². The van der Waals surface area contributed by atoms with Crippen molar-refractivity contribution in [3.63, 3.8) is 0 Å². The quantitative estimate of drug-likeness (QED) is 0.328. The molecule has 3 aromatic heterocycles. The zero-order valence-corrected chi connectivity index (χ0v) is 18.1. The molecule has 0 aromatic carbocycles. The number of carbonyl (C=O) groups excluding carboxylic acids is 1. The van der Waals surface area contributed by atoms with Gasteiger partial charge in [0.25, 0.3) is 0 Å². The first kappa shape index (κ1) is 19.0. The molecule has 0 N–H and O–H groups in total. The summed E-state index contributed by atoms with van der Waals surface area (Å²) in [4.78, 5) is 19.1. The number of hydrogen-bond acceptors (Lipinski definition) is 8. The number of hydrogen-bond donors (Lipinski definition) is 0. The molecule has 0 amide bonds. The fourth-order valence-corrected chi connectivity index (χ4v) is 6.55. The molecular formula is C18H22N4O2S3. The Labute approximate surface area is 170 Å². The summed E-state index contributed by atoms with van der Waals surface area (Å²) in [6.07, 6.45) is 4.63. The van der Waals surface area contributed by atoms with Crippen LogP contribution >= 0.6 is 34.9 Å². The Morgan fingerprint density at radius 3 is 2.96 bits per heavy atom. The summed E-state index contributed by atoms with van der Waals surface area (Å²) in [5.41, 5.74) is 2.28. The van der Waals surface area contributed by atoms with E-state index in [1.54, 1.807) is 11.8 Å². The average molecular weight is 423 g/mol. The number of aromatic nitrogens is 4. The largest absolute Gasteiger partial charge is 0.468 e. The molecule has 1 aliphatic carbocycles. The lowest BCUT2D eigenvalue weighted by molar-refractivity contribution is -0.137. The Kier molecular flexibility index (Phi) is 5.61. The van der Waals surface area contributed by atoms with E-state index in [0.717, 1.165) is 39.6 Å². The zero-order valence-electron chi connectivity index (χ0n) is 15.7. The van der Waals surface area contributed by atoms with Crippen molar-refractivity contribution in [3.05, 3.63) is 10.4 Å². The number of thioether (sulfide) groups is 2. The van der Waals surface area contributed by atoms with E-state index < -0.39 is 0 Å². The normalized spacial score (nSPS) is 16.8. The van der Waals surface area contributed by atoms with E-state index in [2.05, 4.69) is 24.0 Å². The monoisotopic (exact) mass is 422 g/mol. The van der Waals surface area contributed by atoms with Crippen LogP contribution in [0.2, 0.25) is 0 Å². The first-order chi connectivity index (χ1) is 13.1. The third kappa shape index (κ3) is 3.45. The van der Waals surface area contributed by atoms with Gasteiger partial charge in [-0.2, -0.15) is 0 Å². The lowest BCUT2D eigenvalue weighted by atomic mass is 9.87. The van der Waals surface area contributed by atoms with Crippen LogP contribution in [0.1, 0.15) is 49.5 Å². The molecule has 3 aromatic rings. The van der Waals surface area contributed by atoms with Crippen molar-refractivity contribution in [1.82, 2.24) is 19.6 Å². The molecule has 0 bridgehead atoms. The van der Waals surface area contributed by atoms with Crippen molar-refractivity contribution >= 4 is 56.7 Å². The van der Waals surface area contributed by atoms with Crippen molar-refractivity contribution in [2.75, 3.05) is 18.6 Å². The Morgan fingerprint density at radius 2 is 2.19 bits per heavy atom. The van der Waals surface area contributed by atoms with Gasteiger partial charge in [-0.05, 0) is 37.2 Å². The van der Waals surface area contributed by atoms with Crippen molar-refractivity contribution in [1.29, 1.82) is 0 Å². The molecule has 4 rings (SSSR count). The van der Waals surface area contributed by atoms with Gasteiger partial charge in [-0.1, -0.05) is 37.4 Å². The molecule has 0 saturated carbocycles. The topological polar surface area (TPSA) is 69.4 Å². The molecule has 0 radical (unpaired) electrons. The standard InChI is InChI=1S/C18H22N4O2S3/c1-4-8-25-17-19-16-14(13-10(2)6-5-7-11(13)27-16)15-20-21-18(22(15)17)26-9-12(23)24-3/h10H,4-9H2,1-3H3. The minimum absolute atomic E-state index is 0.214. The molecular weight excluding hydrogens is 400 g/mol. The first-order valence-corrected chi connectivity index (χ1v) is 12.0. The van der Waals surface area contributed by atoms with Crippen LogP contribution in [-0.2, 0) is 16.0 Å². The second-order valence-corrected chi connectivity index (χ2v) is 9.75. The zero-order chi connectivity index (χ0) is 19.0. The number of thiophene rings is 1. The molecule has 0 saturated heterocycles. The Morgan fingerprint density at radius 1 is 1.33 bits per heavy atom. The van der Waals surface area contributed by atoms with Crippen LogP contribution in [0.4, 0.5) is 0 Å². The predicted molar refractivity (Wildman–Crippen MR) is 111 cm³/mol. The molecule has 9 heteroatoms. The van der Waals surface area contributed by atoms with E-state index in [4.69, 9.17) is 9.72 Å². The number of fused-ring (bicyclic) bond motifs is 5. The fourth-order valence-electron chi connectivity index (χ4n) is 3.50. The molecule has 1 atom stereocenters. The highest BCUT2D eigenvalue weighted by Crippen LogP contribution is 2.44. The van der Waals surface area contributed by atoms with E-state index >= 15 is 0 Å². The maximum atomic E-state index is 11.6. The average Bonchev–Trinajstić information content (AvgIpc) is 3.25. The lowest BCUT2D eigenvalue weighted by Gasteiger charge is -2.18. The van der Waals surface area contributed by atoms with Gasteiger partial charge in [-0.3, -0.25) is 4.79 Å². The third-order valence-corrected chi connectivity index (χ3v) is 7.97. The Bertz CT molecular complexity index is 998. The number of carbonyl (C=O) groups is 1. The summed E-state index contributed by atoms with van der Waals surface area (Å²) in [5.74, 6) is 1.44. The highest BCUT2D eigenvalue weighted by molar-refractivity contribution is 8.00. The van der Waals surface area contributed by atoms with Gasteiger partial charge in [0.05, 0.1) is 18.2 Å². The van der Waals surface area contributed by atoms with Gasteiger partial charge in [0.15, 0.2) is 16.0 Å². The van der Waals surface area contributed by atoms with Crippen LogP contribution in [0.5, 0.6) is 0 Å². The Balaban J connectivity index is 1.90. The van der Waals surface area contributed by atoms with Crippen molar-refractivity contribution in [2.45, 2.75) is 55.8 Å². The summed E-state index contributed by atoms with van der Waals surface area (Å²) in [6, 6.07) is 0. The van der Waals surface area contributed by atoms with Crippen LogP contribution in [0.25, 0.3) is 15.9 Å². The van der Waals surface area contributed by atoms with Crippen LogP contribution < -0.4 is 0 Å². The maximum Gasteiger partial charge on any atom is 0.316 e. The summed E-state index contributed by atoms with van der Waals surface area (Å²) < 4.78 is 6.80. The van der Waals surface area contributed by atoms with Gasteiger partial charge in [-0.25, -0.2) is 9.38 Å². The van der Waals surface area contributed by atoms with Gasteiger partial charge < -0.3 is 4.74 Å². The number of ether oxygens (including phenoxy) is 1.